The van der Waals surface area contributed by atoms with Gasteiger partial charge >= 0.3 is 6.08 Å². The quantitative estimate of drug-likeness (QED) is 0.378. The monoisotopic (exact) mass is 184 g/mol. The number of nitrogens with zero attached hydrogens (tertiary/aromatic N) is 2. The van der Waals surface area contributed by atoms with E-state index in [1.165, 1.54) is 0 Å². The van der Waals surface area contributed by atoms with Crippen LogP contribution in [0.4, 0.5) is 22.0 Å². The Kier molecular flexibility index (Phi) is 2.20. The van der Waals surface area contributed by atoms with Crippen molar-refractivity contribution >= 4 is 0 Å². The molecule has 1 rings (SSSR count). The van der Waals surface area contributed by atoms with Crippen LogP contribution in [0.1, 0.15) is 12.0 Å². The fourth-order valence-corrected chi connectivity index (χ4v) is 0.573. The molecule has 1 aromatic heterocycles. The van der Waals surface area contributed by atoms with Crippen LogP contribution in [-0.2, 0) is 0 Å². The summed E-state index contributed by atoms with van der Waals surface area (Å²) in [7, 11) is 0. The van der Waals surface area contributed by atoms with Gasteiger partial charge in [0.05, 0.1) is 0 Å². The summed E-state index contributed by atoms with van der Waals surface area (Å²) in [6, 6.07) is 0. The number of aromatic nitrogens is 2. The number of hydrogen-bond donors (Lipinski definition) is 0. The van der Waals surface area contributed by atoms with Gasteiger partial charge in [-0.25, -0.2) is 8.78 Å². The molecule has 0 amide bonds. The van der Waals surface area contributed by atoms with E-state index >= 15 is 0 Å². The van der Waals surface area contributed by atoms with E-state index in [0.717, 1.165) is 0 Å². The molecule has 0 radical (unpaired) electrons. The van der Waals surface area contributed by atoms with Gasteiger partial charge in [0.25, 0.3) is 6.43 Å². The molecule has 0 N–H and O–H groups in total. The smallest absolute Gasteiger partial charge is 0.205 e. The highest BCUT2D eigenvalue weighted by Crippen LogP contribution is 2.22. The van der Waals surface area contributed by atoms with Crippen molar-refractivity contribution in [3.8, 4) is 0 Å². The molecule has 0 spiro atoms. The molecule has 0 aliphatic carbocycles. The van der Waals surface area contributed by atoms with Gasteiger partial charge in [0.2, 0.25) is 11.9 Å². The molecular formula is C5HF5N2. The summed E-state index contributed by atoms with van der Waals surface area (Å²) < 4.78 is 59.9. The first-order chi connectivity index (χ1) is 5.52. The third-order valence-corrected chi connectivity index (χ3v) is 1.04. The summed E-state index contributed by atoms with van der Waals surface area (Å²) in [6.45, 7) is 0. The first kappa shape index (κ1) is 8.82. The number of rotatable bonds is 1. The highest BCUT2D eigenvalue weighted by molar-refractivity contribution is 5.09. The van der Waals surface area contributed by atoms with E-state index in [4.69, 9.17) is 0 Å². The Labute approximate surface area is 63.1 Å². The largest absolute Gasteiger partial charge is 0.313 e. The van der Waals surface area contributed by atoms with Crippen LogP contribution in [-0.4, -0.2) is 9.97 Å². The summed E-state index contributed by atoms with van der Waals surface area (Å²) in [6.07, 6.45) is -5.11. The van der Waals surface area contributed by atoms with Crippen molar-refractivity contribution in [3.05, 3.63) is 23.5 Å². The normalized spacial score (nSPS) is 10.8. The molecule has 0 bridgehead atoms. The second-order valence-electron chi connectivity index (χ2n) is 1.79. The molecule has 7 heteroatoms. The van der Waals surface area contributed by atoms with Gasteiger partial charge in [-0.2, -0.15) is 23.1 Å². The van der Waals surface area contributed by atoms with E-state index in [1.54, 1.807) is 0 Å². The lowest BCUT2D eigenvalue weighted by molar-refractivity contribution is 0.136. The van der Waals surface area contributed by atoms with E-state index < -0.39 is 30.0 Å². The molecule has 12 heavy (non-hydrogen) atoms. The SMILES string of the molecule is Fc1nc(F)c(C(F)F)c(F)n1. The Morgan fingerprint density at radius 1 is 0.917 bits per heavy atom. The lowest BCUT2D eigenvalue weighted by Crippen LogP contribution is -2.05. The van der Waals surface area contributed by atoms with Crippen molar-refractivity contribution < 1.29 is 22.0 Å². The molecule has 0 aliphatic rings. The van der Waals surface area contributed by atoms with E-state index in [2.05, 4.69) is 9.97 Å². The molecule has 0 atom stereocenters. The second kappa shape index (κ2) is 3.00. The molecule has 0 aliphatic heterocycles. The molecule has 0 saturated heterocycles. The minimum Gasteiger partial charge on any atom is -0.205 e. The number of hydrogen-bond acceptors (Lipinski definition) is 2. The van der Waals surface area contributed by atoms with Crippen molar-refractivity contribution in [1.29, 1.82) is 0 Å². The summed E-state index contributed by atoms with van der Waals surface area (Å²) in [4.78, 5) is 4.58. The third-order valence-electron chi connectivity index (χ3n) is 1.04. The minimum atomic E-state index is -3.40. The Morgan fingerprint density at radius 2 is 1.33 bits per heavy atom. The van der Waals surface area contributed by atoms with E-state index in [9.17, 15) is 22.0 Å². The van der Waals surface area contributed by atoms with Crippen LogP contribution in [0, 0.1) is 18.0 Å². The Hall–Kier alpha value is -1.27. The first-order valence-electron chi connectivity index (χ1n) is 2.69. The maximum absolute atomic E-state index is 12.3. The van der Waals surface area contributed by atoms with Gasteiger partial charge in [0.15, 0.2) is 0 Å². The number of halogens is 5. The summed E-state index contributed by atoms with van der Waals surface area (Å²) in [5.74, 6) is -3.76. The molecule has 0 aromatic carbocycles. The van der Waals surface area contributed by atoms with Gasteiger partial charge in [-0.15, -0.1) is 0 Å². The molecule has 2 nitrogen and oxygen atoms in total. The molecule has 0 saturated carbocycles. The van der Waals surface area contributed by atoms with Crippen molar-refractivity contribution in [1.82, 2.24) is 9.97 Å². The van der Waals surface area contributed by atoms with E-state index in [1.807, 2.05) is 0 Å². The molecular weight excluding hydrogens is 183 g/mol. The van der Waals surface area contributed by atoms with Gasteiger partial charge in [-0.05, 0) is 0 Å². The predicted octanol–water partition coefficient (Wildman–Crippen LogP) is 1.83. The summed E-state index contributed by atoms with van der Waals surface area (Å²) in [5.41, 5.74) is -1.61. The van der Waals surface area contributed by atoms with Crippen molar-refractivity contribution in [2.24, 2.45) is 0 Å². The van der Waals surface area contributed by atoms with Crippen LogP contribution >= 0.6 is 0 Å². The zero-order chi connectivity index (χ0) is 9.30. The van der Waals surface area contributed by atoms with E-state index in [0.29, 0.717) is 0 Å². The number of alkyl halides is 2. The van der Waals surface area contributed by atoms with Gasteiger partial charge in [-0.1, -0.05) is 0 Å². The third kappa shape index (κ3) is 1.49. The highest BCUT2D eigenvalue weighted by Gasteiger charge is 2.22. The molecule has 0 unspecified atom stereocenters. The zero-order valence-corrected chi connectivity index (χ0v) is 5.36. The van der Waals surface area contributed by atoms with Gasteiger partial charge < -0.3 is 0 Å². The zero-order valence-electron chi connectivity index (χ0n) is 5.36. The molecule has 1 heterocycles. The first-order valence-corrected chi connectivity index (χ1v) is 2.69. The fraction of sp³-hybridized carbons (Fsp3) is 0.200. The van der Waals surface area contributed by atoms with Crippen molar-refractivity contribution in [3.63, 3.8) is 0 Å². The maximum atomic E-state index is 12.3. The van der Waals surface area contributed by atoms with Crippen LogP contribution < -0.4 is 0 Å². The van der Waals surface area contributed by atoms with Crippen molar-refractivity contribution in [2.75, 3.05) is 0 Å². The predicted molar refractivity (Wildman–Crippen MR) is 26.9 cm³/mol. The average molecular weight is 184 g/mol. The lowest BCUT2D eigenvalue weighted by Gasteiger charge is -2.00. The molecule has 1 aromatic rings. The lowest BCUT2D eigenvalue weighted by atomic mass is 10.3. The molecule has 66 valence electrons. The van der Waals surface area contributed by atoms with Crippen LogP contribution in [0.5, 0.6) is 0 Å². The summed E-state index contributed by atoms with van der Waals surface area (Å²) >= 11 is 0. The minimum absolute atomic E-state index is 1.61. The topological polar surface area (TPSA) is 25.8 Å². The van der Waals surface area contributed by atoms with Crippen LogP contribution in [0.25, 0.3) is 0 Å². The van der Waals surface area contributed by atoms with Gasteiger partial charge in [-0.3, -0.25) is 0 Å². The standard InChI is InChI=1S/C5HF5N2/c6-2(7)1-3(8)11-5(10)12-4(1)9/h2H. The maximum Gasteiger partial charge on any atom is 0.313 e. The fourth-order valence-electron chi connectivity index (χ4n) is 0.573. The van der Waals surface area contributed by atoms with Gasteiger partial charge in [0, 0.05) is 0 Å². The Bertz CT molecular complexity index is 277. The second-order valence-corrected chi connectivity index (χ2v) is 1.79. The van der Waals surface area contributed by atoms with Crippen LogP contribution in [0.2, 0.25) is 0 Å². The van der Waals surface area contributed by atoms with E-state index in [-0.39, 0.29) is 0 Å². The van der Waals surface area contributed by atoms with Crippen molar-refractivity contribution in [2.45, 2.75) is 6.43 Å². The Morgan fingerprint density at radius 3 is 1.67 bits per heavy atom. The Balaban J connectivity index is 3.28. The highest BCUT2D eigenvalue weighted by atomic mass is 19.3. The summed E-state index contributed by atoms with van der Waals surface area (Å²) in [5, 5.41) is 0. The van der Waals surface area contributed by atoms with Gasteiger partial charge in [0.1, 0.15) is 5.56 Å². The van der Waals surface area contributed by atoms with Crippen LogP contribution in [0.15, 0.2) is 0 Å². The molecule has 0 fully saturated rings. The van der Waals surface area contributed by atoms with Crippen LogP contribution in [0.3, 0.4) is 0 Å². The average Bonchev–Trinajstić information content (AvgIpc) is 1.82.